The second kappa shape index (κ2) is 9.28. The molecule has 0 bridgehead atoms. The predicted molar refractivity (Wildman–Crippen MR) is 126 cm³/mol. The third-order valence-corrected chi connectivity index (χ3v) is 10.4. The number of benzene rings is 3. The molecule has 0 amide bonds. The number of rotatable bonds is 4. The standard InChI is InChI=1S/C27H25OSi.2ClH.Zr/c1-29(2)24-16-22-20-11-5-3-9-18(20)15-23(22)26(27(24)29)25-19(10-7-13-28)14-17-8-4-6-12-21(17)25;;;/h3-6,8-9,11-12,14-16,25,28H,7,10,13H2,1-2H3;2*1H;/q-1;;;+3/p-2. The fourth-order valence-electron chi connectivity index (χ4n) is 5.66. The molecule has 2 aliphatic rings. The molecular formula is C27H25Cl2OSiZr. The maximum atomic E-state index is 9.50. The van der Waals surface area contributed by atoms with Gasteiger partial charge in [-0.1, -0.05) is 89.2 Å². The van der Waals surface area contributed by atoms with Crippen molar-refractivity contribution >= 4 is 46.1 Å². The van der Waals surface area contributed by atoms with Gasteiger partial charge in [-0.3, -0.25) is 0 Å². The summed E-state index contributed by atoms with van der Waals surface area (Å²) in [4.78, 5) is 0. The van der Waals surface area contributed by atoms with E-state index in [0.29, 0.717) is 5.92 Å². The molecule has 0 fully saturated rings. The van der Waals surface area contributed by atoms with Crippen LogP contribution >= 0.6 is 0 Å². The quantitative estimate of drug-likeness (QED) is 0.257. The van der Waals surface area contributed by atoms with E-state index in [1.54, 1.807) is 15.9 Å². The van der Waals surface area contributed by atoms with Crippen LogP contribution < -0.4 is 35.2 Å². The monoisotopic (exact) mass is 553 g/mol. The van der Waals surface area contributed by atoms with Crippen molar-refractivity contribution < 1.29 is 56.1 Å². The summed E-state index contributed by atoms with van der Waals surface area (Å²) in [7, 11) is -1.45. The Labute approximate surface area is 222 Å². The molecule has 1 atom stereocenters. The summed E-state index contributed by atoms with van der Waals surface area (Å²) in [6.07, 6.45) is 4.18. The van der Waals surface area contributed by atoms with Gasteiger partial charge in [0, 0.05) is 12.5 Å². The number of fused-ring (bicyclic) bond motifs is 5. The van der Waals surface area contributed by atoms with Crippen LogP contribution in [0.2, 0.25) is 13.1 Å². The molecule has 1 heterocycles. The molecule has 32 heavy (non-hydrogen) atoms. The summed E-state index contributed by atoms with van der Waals surface area (Å²) in [5.74, 6) is 0.335. The van der Waals surface area contributed by atoms with E-state index in [9.17, 15) is 5.11 Å². The first-order valence-corrected chi connectivity index (χ1v) is 13.7. The molecule has 1 unspecified atom stereocenters. The van der Waals surface area contributed by atoms with Crippen LogP contribution in [0.5, 0.6) is 0 Å². The van der Waals surface area contributed by atoms with Gasteiger partial charge < -0.3 is 29.9 Å². The molecular weight excluding hydrogens is 531 g/mol. The molecule has 0 saturated heterocycles. The van der Waals surface area contributed by atoms with Crippen LogP contribution in [0.1, 0.15) is 35.4 Å². The van der Waals surface area contributed by atoms with Gasteiger partial charge in [-0.15, -0.1) is 33.7 Å². The molecule has 5 heteroatoms. The predicted octanol–water partition coefficient (Wildman–Crippen LogP) is -0.845. The van der Waals surface area contributed by atoms with Crippen molar-refractivity contribution in [2.24, 2.45) is 0 Å². The number of aliphatic hydroxyl groups is 1. The molecule has 6 rings (SSSR count). The van der Waals surface area contributed by atoms with Crippen LogP contribution in [-0.2, 0) is 26.2 Å². The molecule has 1 aliphatic heterocycles. The van der Waals surface area contributed by atoms with Crippen molar-refractivity contribution in [1.82, 2.24) is 0 Å². The van der Waals surface area contributed by atoms with Gasteiger partial charge >= 0.3 is 26.2 Å². The summed E-state index contributed by atoms with van der Waals surface area (Å²) >= 11 is 0. The van der Waals surface area contributed by atoms with Gasteiger partial charge in [0.05, 0.1) is 0 Å². The molecule has 0 aromatic heterocycles. The van der Waals surface area contributed by atoms with Crippen LogP contribution in [-0.4, -0.2) is 19.8 Å². The Balaban J connectivity index is 0.000000963. The number of halogens is 2. The van der Waals surface area contributed by atoms with Gasteiger partial charge in [-0.2, -0.15) is 0 Å². The summed E-state index contributed by atoms with van der Waals surface area (Å²) in [5.41, 5.74) is 5.83. The fraction of sp³-hybridized carbons (Fsp3) is 0.222. The number of aliphatic hydroxyl groups excluding tert-OH is 1. The van der Waals surface area contributed by atoms with Gasteiger partial charge in [-0.05, 0) is 24.0 Å². The van der Waals surface area contributed by atoms with Crippen molar-refractivity contribution in [2.75, 3.05) is 6.61 Å². The molecule has 4 aromatic rings. The minimum Gasteiger partial charge on any atom is -1.00 e. The summed E-state index contributed by atoms with van der Waals surface area (Å²) in [5, 5.41) is 18.4. The van der Waals surface area contributed by atoms with Gasteiger partial charge in [0.15, 0.2) is 0 Å². The molecule has 1 nitrogen and oxygen atoms in total. The average molecular weight is 556 g/mol. The van der Waals surface area contributed by atoms with Gasteiger partial charge in [0.25, 0.3) is 0 Å². The number of allylic oxidation sites excluding steroid dienone is 1. The molecule has 0 spiro atoms. The summed E-state index contributed by atoms with van der Waals surface area (Å²) < 4.78 is 0. The van der Waals surface area contributed by atoms with E-state index in [4.69, 9.17) is 0 Å². The van der Waals surface area contributed by atoms with Gasteiger partial charge in [0.1, 0.15) is 8.07 Å². The summed E-state index contributed by atoms with van der Waals surface area (Å²) in [6, 6.07) is 22.6. The average Bonchev–Trinajstić information content (AvgIpc) is 3.05. The summed E-state index contributed by atoms with van der Waals surface area (Å²) in [6.45, 7) is 5.25. The van der Waals surface area contributed by atoms with E-state index in [1.807, 2.05) is 0 Å². The smallest absolute Gasteiger partial charge is 1.00 e. The minimum absolute atomic E-state index is 0. The maximum absolute atomic E-state index is 9.50. The van der Waals surface area contributed by atoms with E-state index in [2.05, 4.69) is 79.8 Å². The third-order valence-electron chi connectivity index (χ3n) is 7.13. The Morgan fingerprint density at radius 2 is 1.69 bits per heavy atom. The van der Waals surface area contributed by atoms with Crippen molar-refractivity contribution in [3.8, 4) is 0 Å². The largest absolute Gasteiger partial charge is 3.00 e. The molecule has 4 aromatic carbocycles. The zero-order valence-corrected chi connectivity index (χ0v) is 23.2. The van der Waals surface area contributed by atoms with Gasteiger partial charge in [-0.25, -0.2) is 0 Å². The van der Waals surface area contributed by atoms with Crippen LogP contribution in [0.3, 0.4) is 0 Å². The van der Waals surface area contributed by atoms with E-state index in [-0.39, 0.29) is 57.6 Å². The first-order valence-electron chi connectivity index (χ1n) is 10.7. The van der Waals surface area contributed by atoms with Crippen LogP contribution in [0.15, 0.2) is 66.2 Å². The molecule has 161 valence electrons. The van der Waals surface area contributed by atoms with Crippen molar-refractivity contribution in [2.45, 2.75) is 31.9 Å². The van der Waals surface area contributed by atoms with Crippen molar-refractivity contribution in [3.63, 3.8) is 0 Å². The molecule has 1 radical (unpaired) electrons. The van der Waals surface area contributed by atoms with E-state index < -0.39 is 8.07 Å². The Bertz CT molecular complexity index is 1340. The SMILES string of the molecule is C[Si]1(C)c2cc3c([cH-]c4ccccc43)c(C3C(CCCO)=Cc4ccccc43)c21.[Cl-].[Cl-].[Zr+3]. The zero-order chi connectivity index (χ0) is 19.8. The first-order chi connectivity index (χ1) is 14.1. The third kappa shape index (κ3) is 3.62. The van der Waals surface area contributed by atoms with E-state index in [0.717, 1.165) is 12.8 Å². The second-order valence-corrected chi connectivity index (χ2v) is 13.4. The minimum atomic E-state index is -1.45. The van der Waals surface area contributed by atoms with Crippen LogP contribution in [0.25, 0.3) is 27.6 Å². The first kappa shape index (κ1) is 25.5. The number of hydrogen-bond donors (Lipinski definition) is 1. The maximum Gasteiger partial charge on any atom is 3.00 e. The number of hydrogen-bond acceptors (Lipinski definition) is 1. The Morgan fingerprint density at radius 1 is 0.969 bits per heavy atom. The van der Waals surface area contributed by atoms with Gasteiger partial charge in [0.2, 0.25) is 0 Å². The van der Waals surface area contributed by atoms with Crippen LogP contribution in [0, 0.1) is 0 Å². The molecule has 1 aliphatic carbocycles. The second-order valence-electron chi connectivity index (χ2n) is 9.14. The Hall–Kier alpha value is -1.09. The van der Waals surface area contributed by atoms with E-state index in [1.165, 1.54) is 38.2 Å². The van der Waals surface area contributed by atoms with E-state index >= 15 is 0 Å². The Morgan fingerprint density at radius 3 is 2.47 bits per heavy atom. The molecule has 0 saturated carbocycles. The van der Waals surface area contributed by atoms with Crippen molar-refractivity contribution in [3.05, 3.63) is 82.9 Å². The van der Waals surface area contributed by atoms with Crippen LogP contribution in [0.4, 0.5) is 0 Å². The zero-order valence-electron chi connectivity index (χ0n) is 18.3. The normalized spacial score (nSPS) is 17.0. The Kier molecular flexibility index (Phi) is 7.40. The van der Waals surface area contributed by atoms with Crippen molar-refractivity contribution in [1.29, 1.82) is 0 Å². The molecule has 1 N–H and O–H groups in total. The fourth-order valence-corrected chi connectivity index (χ4v) is 9.07. The topological polar surface area (TPSA) is 20.2 Å².